The smallest absolute Gasteiger partial charge is 0.178 e. The zero-order valence-corrected chi connectivity index (χ0v) is 15.3. The van der Waals surface area contributed by atoms with Gasteiger partial charge in [0.15, 0.2) is 5.65 Å². The molecule has 0 unspecified atom stereocenters. The third kappa shape index (κ3) is 3.44. The molecule has 0 saturated carbocycles. The Morgan fingerprint density at radius 1 is 1.32 bits per heavy atom. The summed E-state index contributed by atoms with van der Waals surface area (Å²) in [5.41, 5.74) is 3.89. The first-order valence-electron chi connectivity index (χ1n) is 7.98. The summed E-state index contributed by atoms with van der Waals surface area (Å²) in [6.45, 7) is 1.68. The van der Waals surface area contributed by atoms with Gasteiger partial charge in [-0.25, -0.2) is 9.97 Å². The number of ether oxygens (including phenoxy) is 1. The van der Waals surface area contributed by atoms with Crippen LogP contribution in [0.15, 0.2) is 59.4 Å². The molecule has 3 aromatic rings. The Hall–Kier alpha value is -2.60. The molecular weight excluding hydrogens is 380 g/mol. The van der Waals surface area contributed by atoms with Crippen molar-refractivity contribution >= 4 is 32.7 Å². The van der Waals surface area contributed by atoms with E-state index < -0.39 is 0 Å². The van der Waals surface area contributed by atoms with Crippen molar-refractivity contribution in [3.8, 4) is 5.75 Å². The lowest BCUT2D eigenvalue weighted by Crippen LogP contribution is -2.19. The lowest BCUT2D eigenvalue weighted by Gasteiger charge is -2.23. The van der Waals surface area contributed by atoms with Crippen LogP contribution < -0.4 is 4.74 Å². The third-order valence-corrected chi connectivity index (χ3v) is 4.49. The number of aromatic amines is 1. The molecular formula is C19H17BrN4O. The SMILES string of the molecule is COc1cccc(CN2C=C(c3nc4ncc(Br)cc4[nH]3)C=CC2)c1. The second kappa shape index (κ2) is 6.72. The number of fused-ring (bicyclic) bond motifs is 1. The van der Waals surface area contributed by atoms with Crippen LogP contribution in [0.4, 0.5) is 0 Å². The average Bonchev–Trinajstić information content (AvgIpc) is 3.05. The molecule has 0 radical (unpaired) electrons. The summed E-state index contributed by atoms with van der Waals surface area (Å²) in [4.78, 5) is 14.5. The molecule has 1 N–H and O–H groups in total. The summed E-state index contributed by atoms with van der Waals surface area (Å²) in [6, 6.07) is 10.1. The van der Waals surface area contributed by atoms with Gasteiger partial charge < -0.3 is 14.6 Å². The number of allylic oxidation sites excluding steroid dienone is 2. The van der Waals surface area contributed by atoms with E-state index in [1.807, 2.05) is 18.2 Å². The van der Waals surface area contributed by atoms with Gasteiger partial charge >= 0.3 is 0 Å². The first-order valence-corrected chi connectivity index (χ1v) is 8.77. The van der Waals surface area contributed by atoms with Gasteiger partial charge in [-0.3, -0.25) is 0 Å². The summed E-state index contributed by atoms with van der Waals surface area (Å²) >= 11 is 3.44. The molecule has 0 atom stereocenters. The summed E-state index contributed by atoms with van der Waals surface area (Å²) in [5.74, 6) is 1.70. The van der Waals surface area contributed by atoms with Gasteiger partial charge in [0.25, 0.3) is 0 Å². The maximum Gasteiger partial charge on any atom is 0.178 e. The van der Waals surface area contributed by atoms with Gasteiger partial charge in [-0.05, 0) is 39.7 Å². The van der Waals surface area contributed by atoms with Crippen LogP contribution in [-0.4, -0.2) is 33.5 Å². The number of hydrogen-bond acceptors (Lipinski definition) is 4. The molecule has 4 rings (SSSR count). The molecule has 0 bridgehead atoms. The van der Waals surface area contributed by atoms with Crippen LogP contribution in [-0.2, 0) is 6.54 Å². The number of hydrogen-bond donors (Lipinski definition) is 1. The average molecular weight is 397 g/mol. The molecule has 0 fully saturated rings. The number of benzene rings is 1. The number of methoxy groups -OCH3 is 1. The molecule has 0 aliphatic carbocycles. The highest BCUT2D eigenvalue weighted by Gasteiger charge is 2.12. The van der Waals surface area contributed by atoms with E-state index in [9.17, 15) is 0 Å². The fourth-order valence-corrected chi connectivity index (χ4v) is 3.21. The topological polar surface area (TPSA) is 54.0 Å². The molecule has 1 aromatic carbocycles. The third-order valence-electron chi connectivity index (χ3n) is 4.06. The Bertz CT molecular complexity index is 976. The number of pyridine rings is 1. The molecule has 3 heterocycles. The van der Waals surface area contributed by atoms with Crippen LogP contribution in [0.2, 0.25) is 0 Å². The summed E-state index contributed by atoms with van der Waals surface area (Å²) < 4.78 is 6.24. The molecule has 0 saturated heterocycles. The molecule has 1 aliphatic rings. The van der Waals surface area contributed by atoms with Gasteiger partial charge in [0.05, 0.1) is 12.6 Å². The minimum atomic E-state index is 0.720. The highest BCUT2D eigenvalue weighted by Crippen LogP contribution is 2.23. The molecule has 6 heteroatoms. The normalized spacial score (nSPS) is 14.0. The first kappa shape index (κ1) is 15.9. The fraction of sp³-hybridized carbons (Fsp3) is 0.158. The van der Waals surface area contributed by atoms with Gasteiger partial charge in [0.2, 0.25) is 0 Å². The van der Waals surface area contributed by atoms with Gasteiger partial charge in [-0.1, -0.05) is 24.3 Å². The van der Waals surface area contributed by atoms with Crippen molar-refractivity contribution in [2.45, 2.75) is 6.54 Å². The van der Waals surface area contributed by atoms with Gasteiger partial charge in [0, 0.05) is 35.5 Å². The summed E-state index contributed by atoms with van der Waals surface area (Å²) in [6.07, 6.45) is 8.13. The summed E-state index contributed by atoms with van der Waals surface area (Å²) in [5, 5.41) is 0. The highest BCUT2D eigenvalue weighted by molar-refractivity contribution is 9.10. The van der Waals surface area contributed by atoms with E-state index in [2.05, 4.69) is 66.3 Å². The zero-order valence-electron chi connectivity index (χ0n) is 13.7. The molecule has 126 valence electrons. The van der Waals surface area contributed by atoms with Crippen molar-refractivity contribution in [3.63, 3.8) is 0 Å². The maximum atomic E-state index is 5.30. The number of imidazole rings is 1. The van der Waals surface area contributed by atoms with E-state index in [1.54, 1.807) is 13.3 Å². The predicted molar refractivity (Wildman–Crippen MR) is 102 cm³/mol. The van der Waals surface area contributed by atoms with Crippen molar-refractivity contribution in [3.05, 3.63) is 70.7 Å². The van der Waals surface area contributed by atoms with E-state index in [0.717, 1.165) is 45.9 Å². The number of nitrogens with one attached hydrogen (secondary N) is 1. The number of rotatable bonds is 4. The number of H-pyrrole nitrogens is 1. The van der Waals surface area contributed by atoms with Crippen LogP contribution in [0.1, 0.15) is 11.4 Å². The Morgan fingerprint density at radius 2 is 2.24 bits per heavy atom. The lowest BCUT2D eigenvalue weighted by atomic mass is 10.1. The van der Waals surface area contributed by atoms with Crippen molar-refractivity contribution in [1.29, 1.82) is 0 Å². The Kier molecular flexibility index (Phi) is 4.28. The van der Waals surface area contributed by atoms with E-state index >= 15 is 0 Å². The van der Waals surface area contributed by atoms with Crippen molar-refractivity contribution in [2.24, 2.45) is 0 Å². The van der Waals surface area contributed by atoms with Crippen LogP contribution in [0.3, 0.4) is 0 Å². The number of aromatic nitrogens is 3. The largest absolute Gasteiger partial charge is 0.497 e. The van der Waals surface area contributed by atoms with Crippen LogP contribution in [0.25, 0.3) is 16.7 Å². The summed E-state index contributed by atoms with van der Waals surface area (Å²) in [7, 11) is 1.69. The van der Waals surface area contributed by atoms with Crippen molar-refractivity contribution in [1.82, 2.24) is 19.9 Å². The van der Waals surface area contributed by atoms with Gasteiger partial charge in [-0.2, -0.15) is 0 Å². The maximum absolute atomic E-state index is 5.30. The van der Waals surface area contributed by atoms with Gasteiger partial charge in [-0.15, -0.1) is 0 Å². The number of nitrogens with zero attached hydrogens (tertiary/aromatic N) is 3. The fourth-order valence-electron chi connectivity index (χ4n) is 2.87. The Labute approximate surface area is 154 Å². The predicted octanol–water partition coefficient (Wildman–Crippen LogP) is 4.14. The second-order valence-corrected chi connectivity index (χ2v) is 6.79. The quantitative estimate of drug-likeness (QED) is 0.719. The van der Waals surface area contributed by atoms with Crippen LogP contribution in [0, 0.1) is 0 Å². The van der Waals surface area contributed by atoms with Crippen LogP contribution in [0.5, 0.6) is 5.75 Å². The van der Waals surface area contributed by atoms with E-state index in [0.29, 0.717) is 0 Å². The monoisotopic (exact) mass is 396 g/mol. The minimum absolute atomic E-state index is 0.720. The van der Waals surface area contributed by atoms with E-state index in [-0.39, 0.29) is 0 Å². The number of halogens is 1. The van der Waals surface area contributed by atoms with Crippen molar-refractivity contribution < 1.29 is 4.74 Å². The second-order valence-electron chi connectivity index (χ2n) is 5.88. The molecule has 25 heavy (non-hydrogen) atoms. The lowest BCUT2D eigenvalue weighted by molar-refractivity contribution is 0.398. The molecule has 1 aliphatic heterocycles. The first-order chi connectivity index (χ1) is 12.2. The van der Waals surface area contributed by atoms with Crippen LogP contribution >= 0.6 is 15.9 Å². The standard InChI is InChI=1S/C19H17BrN4O/c1-25-16-6-2-4-13(8-16)11-24-7-3-5-14(12-24)18-22-17-9-15(20)10-21-19(17)23-18/h2-6,8-10,12H,7,11H2,1H3,(H,21,22,23). The molecule has 0 amide bonds. The van der Waals surface area contributed by atoms with Crippen molar-refractivity contribution in [2.75, 3.05) is 13.7 Å². The zero-order chi connectivity index (χ0) is 17.2. The van der Waals surface area contributed by atoms with Gasteiger partial charge in [0.1, 0.15) is 11.6 Å². The Balaban J connectivity index is 1.59. The molecule has 5 nitrogen and oxygen atoms in total. The highest BCUT2D eigenvalue weighted by atomic mass is 79.9. The molecule has 0 spiro atoms. The molecule has 2 aromatic heterocycles. The van der Waals surface area contributed by atoms with E-state index in [4.69, 9.17) is 4.74 Å². The Morgan fingerprint density at radius 3 is 3.12 bits per heavy atom. The minimum Gasteiger partial charge on any atom is -0.497 e. The van der Waals surface area contributed by atoms with E-state index in [1.165, 1.54) is 5.56 Å².